The number of hydrogen-bond acceptors (Lipinski definition) is 2. The minimum absolute atomic E-state index is 0.662. The van der Waals surface area contributed by atoms with Crippen molar-refractivity contribution in [2.24, 2.45) is 0 Å². The largest absolute Gasteiger partial charge is 0.400 e. The van der Waals surface area contributed by atoms with Gasteiger partial charge in [0.2, 0.25) is 0 Å². The van der Waals surface area contributed by atoms with E-state index in [4.69, 9.17) is 5.11 Å². The standard InChI is InChI=1S/C9H12O.CH4O/c1-4-5-9(7-10)6-8(2)3;1-2/h4-7H,2H2,1,3H3;2H,1H3/b5-4-,9-6+;. The van der Waals surface area contributed by atoms with E-state index in [9.17, 15) is 4.79 Å². The van der Waals surface area contributed by atoms with Gasteiger partial charge < -0.3 is 5.11 Å². The molecule has 0 aromatic carbocycles. The SMILES string of the molecule is C=C(C)/C=C(C=O)\C=C/C.CO. The minimum Gasteiger partial charge on any atom is -0.400 e. The molecule has 1 N–H and O–H groups in total. The Balaban J connectivity index is 0. The summed E-state index contributed by atoms with van der Waals surface area (Å²) in [4.78, 5) is 10.3. The van der Waals surface area contributed by atoms with Crippen molar-refractivity contribution in [1.29, 1.82) is 0 Å². The van der Waals surface area contributed by atoms with Gasteiger partial charge in [-0.05, 0) is 19.9 Å². The van der Waals surface area contributed by atoms with E-state index in [0.29, 0.717) is 5.57 Å². The Morgan fingerprint density at radius 3 is 2.17 bits per heavy atom. The fourth-order valence-electron chi connectivity index (χ4n) is 0.598. The molecule has 2 heteroatoms. The third-order valence-electron chi connectivity index (χ3n) is 0.908. The van der Waals surface area contributed by atoms with Gasteiger partial charge in [0.15, 0.2) is 0 Å². The fraction of sp³-hybridized carbons (Fsp3) is 0.300. The summed E-state index contributed by atoms with van der Waals surface area (Å²) in [7, 11) is 1.00. The lowest BCUT2D eigenvalue weighted by Gasteiger charge is -1.88. The molecule has 0 saturated heterocycles. The number of carbonyl (C=O) groups is 1. The summed E-state index contributed by atoms with van der Waals surface area (Å²) in [5, 5.41) is 7.00. The van der Waals surface area contributed by atoms with Gasteiger partial charge in [0.25, 0.3) is 0 Å². The lowest BCUT2D eigenvalue weighted by atomic mass is 10.2. The van der Waals surface area contributed by atoms with Crippen molar-refractivity contribution in [2.45, 2.75) is 13.8 Å². The highest BCUT2D eigenvalue weighted by Crippen LogP contribution is 1.98. The highest BCUT2D eigenvalue weighted by Gasteiger charge is 1.85. The molecule has 12 heavy (non-hydrogen) atoms. The Labute approximate surface area is 73.9 Å². The highest BCUT2D eigenvalue weighted by atomic mass is 16.2. The fourth-order valence-corrected chi connectivity index (χ4v) is 0.598. The van der Waals surface area contributed by atoms with Crippen LogP contribution in [-0.4, -0.2) is 18.5 Å². The molecule has 0 rings (SSSR count). The predicted octanol–water partition coefficient (Wildman–Crippen LogP) is 1.87. The van der Waals surface area contributed by atoms with Crippen molar-refractivity contribution in [3.63, 3.8) is 0 Å². The maximum Gasteiger partial charge on any atom is 0.150 e. The number of aliphatic hydroxyl groups excluding tert-OH is 1. The van der Waals surface area contributed by atoms with E-state index < -0.39 is 0 Å². The van der Waals surface area contributed by atoms with Gasteiger partial charge in [-0.1, -0.05) is 24.3 Å². The normalized spacial score (nSPS) is 10.5. The van der Waals surface area contributed by atoms with Gasteiger partial charge in [0.05, 0.1) is 0 Å². The molecule has 0 saturated carbocycles. The Hall–Kier alpha value is -1.15. The second-order valence-corrected chi connectivity index (χ2v) is 2.11. The van der Waals surface area contributed by atoms with Crippen molar-refractivity contribution in [3.05, 3.63) is 36.0 Å². The van der Waals surface area contributed by atoms with Crippen molar-refractivity contribution < 1.29 is 9.90 Å². The molecule has 0 aromatic heterocycles. The van der Waals surface area contributed by atoms with Gasteiger partial charge in [-0.2, -0.15) is 0 Å². The first-order chi connectivity index (χ1) is 5.70. The number of aliphatic hydroxyl groups is 1. The summed E-state index contributed by atoms with van der Waals surface area (Å²) in [6.07, 6.45) is 6.13. The first-order valence-electron chi connectivity index (χ1n) is 3.60. The van der Waals surface area contributed by atoms with Crippen LogP contribution in [0.5, 0.6) is 0 Å². The Bertz CT molecular complexity index is 188. The van der Waals surface area contributed by atoms with Gasteiger partial charge in [0.1, 0.15) is 6.29 Å². The summed E-state index contributed by atoms with van der Waals surface area (Å²) in [6, 6.07) is 0. The van der Waals surface area contributed by atoms with Crippen LogP contribution in [0.25, 0.3) is 0 Å². The van der Waals surface area contributed by atoms with E-state index in [0.717, 1.165) is 19.0 Å². The molecular weight excluding hydrogens is 152 g/mol. The first kappa shape index (κ1) is 13.4. The molecule has 0 aliphatic carbocycles. The number of carbonyl (C=O) groups excluding carboxylic acids is 1. The van der Waals surface area contributed by atoms with Crippen LogP contribution >= 0.6 is 0 Å². The highest BCUT2D eigenvalue weighted by molar-refractivity contribution is 5.78. The smallest absolute Gasteiger partial charge is 0.150 e. The number of rotatable bonds is 3. The topological polar surface area (TPSA) is 37.3 Å². The monoisotopic (exact) mass is 168 g/mol. The van der Waals surface area contributed by atoms with Crippen LogP contribution in [0.3, 0.4) is 0 Å². The zero-order valence-corrected chi connectivity index (χ0v) is 7.87. The molecule has 0 atom stereocenters. The summed E-state index contributed by atoms with van der Waals surface area (Å²) >= 11 is 0. The molecule has 0 aliphatic rings. The minimum atomic E-state index is 0.662. The summed E-state index contributed by atoms with van der Waals surface area (Å²) in [6.45, 7) is 7.38. The molecule has 0 bridgehead atoms. The van der Waals surface area contributed by atoms with E-state index in [1.807, 2.05) is 19.9 Å². The van der Waals surface area contributed by atoms with Crippen LogP contribution in [-0.2, 0) is 4.79 Å². The molecule has 0 aliphatic heterocycles. The van der Waals surface area contributed by atoms with Crippen LogP contribution < -0.4 is 0 Å². The maximum atomic E-state index is 10.3. The summed E-state index contributed by atoms with van der Waals surface area (Å²) < 4.78 is 0. The third kappa shape index (κ3) is 8.85. The lowest BCUT2D eigenvalue weighted by Crippen LogP contribution is -1.78. The Kier molecular flexibility index (Phi) is 11.0. The van der Waals surface area contributed by atoms with Crippen LogP contribution in [0.2, 0.25) is 0 Å². The number of hydrogen-bond donors (Lipinski definition) is 1. The molecule has 0 fully saturated rings. The lowest BCUT2D eigenvalue weighted by molar-refractivity contribution is -0.104. The van der Waals surface area contributed by atoms with E-state index in [1.54, 1.807) is 12.2 Å². The van der Waals surface area contributed by atoms with E-state index in [-0.39, 0.29) is 0 Å². The van der Waals surface area contributed by atoms with Gasteiger partial charge >= 0.3 is 0 Å². The molecule has 0 heterocycles. The molecule has 0 unspecified atom stereocenters. The van der Waals surface area contributed by atoms with Gasteiger partial charge in [0, 0.05) is 12.7 Å². The molecule has 68 valence electrons. The van der Waals surface area contributed by atoms with Gasteiger partial charge in [-0.15, -0.1) is 0 Å². The molecule has 2 nitrogen and oxygen atoms in total. The van der Waals surface area contributed by atoms with Crippen LogP contribution in [0.1, 0.15) is 13.8 Å². The van der Waals surface area contributed by atoms with Crippen molar-refractivity contribution in [1.82, 2.24) is 0 Å². The average Bonchev–Trinajstić information content (AvgIpc) is 2.07. The van der Waals surface area contributed by atoms with Crippen molar-refractivity contribution >= 4 is 6.29 Å². The molecule has 0 spiro atoms. The number of aldehydes is 1. The van der Waals surface area contributed by atoms with E-state index in [2.05, 4.69) is 6.58 Å². The van der Waals surface area contributed by atoms with Crippen molar-refractivity contribution in [2.75, 3.05) is 7.11 Å². The Morgan fingerprint density at radius 2 is 1.92 bits per heavy atom. The predicted molar refractivity (Wildman–Crippen MR) is 51.9 cm³/mol. The van der Waals surface area contributed by atoms with Crippen LogP contribution in [0, 0.1) is 0 Å². The molecule has 0 radical (unpaired) electrons. The summed E-state index contributed by atoms with van der Waals surface area (Å²) in [5.41, 5.74) is 1.55. The quantitative estimate of drug-likeness (QED) is 0.397. The average molecular weight is 168 g/mol. The second-order valence-electron chi connectivity index (χ2n) is 2.11. The zero-order valence-electron chi connectivity index (χ0n) is 7.87. The van der Waals surface area contributed by atoms with Gasteiger partial charge in [-0.3, -0.25) is 4.79 Å². The van der Waals surface area contributed by atoms with Crippen LogP contribution in [0.4, 0.5) is 0 Å². The van der Waals surface area contributed by atoms with E-state index in [1.165, 1.54) is 0 Å². The zero-order chi connectivity index (χ0) is 9.98. The van der Waals surface area contributed by atoms with Crippen molar-refractivity contribution in [3.8, 4) is 0 Å². The Morgan fingerprint density at radius 1 is 1.42 bits per heavy atom. The van der Waals surface area contributed by atoms with Crippen LogP contribution in [0.15, 0.2) is 36.0 Å². The van der Waals surface area contributed by atoms with E-state index >= 15 is 0 Å². The molecular formula is C10H16O2. The summed E-state index contributed by atoms with van der Waals surface area (Å²) in [5.74, 6) is 0. The second kappa shape index (κ2) is 9.85. The molecule has 0 aromatic rings. The number of allylic oxidation sites excluding steroid dienone is 5. The third-order valence-corrected chi connectivity index (χ3v) is 0.908. The van der Waals surface area contributed by atoms with Gasteiger partial charge in [-0.25, -0.2) is 0 Å². The molecule has 0 amide bonds. The maximum absolute atomic E-state index is 10.3. The first-order valence-corrected chi connectivity index (χ1v) is 3.60.